The predicted molar refractivity (Wildman–Crippen MR) is 120 cm³/mol. The van der Waals surface area contributed by atoms with Crippen molar-refractivity contribution < 1.29 is 33.9 Å². The first kappa shape index (κ1) is 29.8. The molecule has 0 unspecified atom stereocenters. The molecule has 0 aromatic heterocycles. The standard InChI is InChI=1S/C21H37N5O7/c1-11(2)10-16(24-14(5)27)20(31)23-12(3)18(29)22-13(4)19(30)25-15(21(32)33)8-9-17(28)26(6)7/h11-13,15-16H,8-10H2,1-7H3,(H,22,29)(H,23,31)(H,24,27)(H,25,30)(H,32,33)/t12-,13-,15-,16-/m0/s1. The van der Waals surface area contributed by atoms with E-state index in [2.05, 4.69) is 21.3 Å². The summed E-state index contributed by atoms with van der Waals surface area (Å²) in [5, 5.41) is 19.1. The molecule has 0 aliphatic rings. The molecule has 0 spiro atoms. The topological polar surface area (TPSA) is 174 Å². The molecule has 5 N–H and O–H groups in total. The van der Waals surface area contributed by atoms with Crippen molar-refractivity contribution >= 4 is 35.5 Å². The van der Waals surface area contributed by atoms with Gasteiger partial charge in [0.05, 0.1) is 0 Å². The van der Waals surface area contributed by atoms with Crippen molar-refractivity contribution in [1.82, 2.24) is 26.2 Å². The van der Waals surface area contributed by atoms with Gasteiger partial charge in [0.1, 0.15) is 24.2 Å². The summed E-state index contributed by atoms with van der Waals surface area (Å²) in [5.74, 6) is -3.78. The average Bonchev–Trinajstić information content (AvgIpc) is 2.68. The fourth-order valence-electron chi connectivity index (χ4n) is 2.78. The van der Waals surface area contributed by atoms with Crippen molar-refractivity contribution in [2.75, 3.05) is 14.1 Å². The summed E-state index contributed by atoms with van der Waals surface area (Å²) in [5.41, 5.74) is 0. The van der Waals surface area contributed by atoms with Gasteiger partial charge >= 0.3 is 5.97 Å². The van der Waals surface area contributed by atoms with Crippen LogP contribution in [0, 0.1) is 5.92 Å². The third-order valence-electron chi connectivity index (χ3n) is 4.67. The summed E-state index contributed by atoms with van der Waals surface area (Å²) < 4.78 is 0. The van der Waals surface area contributed by atoms with Crippen LogP contribution in [0.25, 0.3) is 0 Å². The number of aliphatic carboxylic acids is 1. The molecular weight excluding hydrogens is 434 g/mol. The third kappa shape index (κ3) is 11.9. The van der Waals surface area contributed by atoms with Crippen LogP contribution in [0.5, 0.6) is 0 Å². The Morgan fingerprint density at radius 2 is 1.24 bits per heavy atom. The zero-order valence-corrected chi connectivity index (χ0v) is 20.4. The number of carbonyl (C=O) groups excluding carboxylic acids is 5. The minimum absolute atomic E-state index is 0.0695. The molecular formula is C21H37N5O7. The largest absolute Gasteiger partial charge is 0.480 e. The van der Waals surface area contributed by atoms with E-state index in [0.29, 0.717) is 6.42 Å². The molecule has 0 heterocycles. The predicted octanol–water partition coefficient (Wildman–Crippen LogP) is -1.02. The number of amides is 5. The van der Waals surface area contributed by atoms with Crippen LogP contribution >= 0.6 is 0 Å². The quantitative estimate of drug-likeness (QED) is 0.229. The Hall–Kier alpha value is -3.18. The van der Waals surface area contributed by atoms with Gasteiger partial charge in [0.2, 0.25) is 29.5 Å². The lowest BCUT2D eigenvalue weighted by Crippen LogP contribution is -2.56. The number of hydrogen-bond acceptors (Lipinski definition) is 6. The minimum Gasteiger partial charge on any atom is -0.480 e. The Labute approximate surface area is 194 Å². The van der Waals surface area contributed by atoms with Crippen molar-refractivity contribution in [3.05, 3.63) is 0 Å². The maximum Gasteiger partial charge on any atom is 0.326 e. The first-order valence-electron chi connectivity index (χ1n) is 10.8. The van der Waals surface area contributed by atoms with E-state index < -0.39 is 47.9 Å². The number of carboxylic acids is 1. The van der Waals surface area contributed by atoms with Crippen LogP contribution < -0.4 is 21.3 Å². The van der Waals surface area contributed by atoms with Gasteiger partial charge in [0, 0.05) is 27.4 Å². The van der Waals surface area contributed by atoms with E-state index >= 15 is 0 Å². The zero-order chi connectivity index (χ0) is 25.9. The van der Waals surface area contributed by atoms with E-state index in [1.807, 2.05) is 13.8 Å². The number of carboxylic acid groups (broad SMARTS) is 1. The van der Waals surface area contributed by atoms with Crippen molar-refractivity contribution in [2.24, 2.45) is 5.92 Å². The third-order valence-corrected chi connectivity index (χ3v) is 4.67. The maximum atomic E-state index is 12.5. The molecule has 0 saturated heterocycles. The summed E-state index contributed by atoms with van der Waals surface area (Å²) in [6.45, 7) is 7.85. The van der Waals surface area contributed by atoms with Gasteiger partial charge in [-0.15, -0.1) is 0 Å². The Bertz CT molecular complexity index is 739. The van der Waals surface area contributed by atoms with Crippen molar-refractivity contribution in [2.45, 2.75) is 78.0 Å². The molecule has 0 saturated carbocycles. The highest BCUT2D eigenvalue weighted by Gasteiger charge is 2.28. The van der Waals surface area contributed by atoms with Crippen LogP contribution in [0.3, 0.4) is 0 Å². The molecule has 0 radical (unpaired) electrons. The number of nitrogens with one attached hydrogen (secondary N) is 4. The zero-order valence-electron chi connectivity index (χ0n) is 20.4. The van der Waals surface area contributed by atoms with Gasteiger partial charge in [-0.1, -0.05) is 13.8 Å². The molecule has 12 nitrogen and oxygen atoms in total. The van der Waals surface area contributed by atoms with E-state index in [9.17, 15) is 33.9 Å². The first-order valence-corrected chi connectivity index (χ1v) is 10.8. The molecule has 188 valence electrons. The fraction of sp³-hybridized carbons (Fsp3) is 0.714. The van der Waals surface area contributed by atoms with Crippen LogP contribution in [-0.2, 0) is 28.8 Å². The Kier molecular flexibility index (Phi) is 12.7. The van der Waals surface area contributed by atoms with Gasteiger partial charge in [-0.05, 0) is 32.6 Å². The molecule has 0 aromatic carbocycles. The van der Waals surface area contributed by atoms with E-state index in [1.54, 1.807) is 0 Å². The smallest absolute Gasteiger partial charge is 0.326 e. The van der Waals surface area contributed by atoms with Gasteiger partial charge in [-0.2, -0.15) is 0 Å². The number of hydrogen-bond donors (Lipinski definition) is 5. The number of rotatable bonds is 13. The van der Waals surface area contributed by atoms with Crippen LogP contribution in [0.2, 0.25) is 0 Å². The Morgan fingerprint density at radius 3 is 1.67 bits per heavy atom. The average molecular weight is 472 g/mol. The SMILES string of the molecule is CC(=O)N[C@@H](CC(C)C)C(=O)N[C@@H](C)C(=O)N[C@@H](C)C(=O)N[C@@H](CCC(=O)N(C)C)C(=O)O. The molecule has 0 aromatic rings. The molecule has 0 aliphatic heterocycles. The van der Waals surface area contributed by atoms with Crippen molar-refractivity contribution in [3.63, 3.8) is 0 Å². The monoisotopic (exact) mass is 471 g/mol. The van der Waals surface area contributed by atoms with Gasteiger partial charge in [0.15, 0.2) is 0 Å². The lowest BCUT2D eigenvalue weighted by atomic mass is 10.0. The number of carbonyl (C=O) groups is 6. The summed E-state index contributed by atoms with van der Waals surface area (Å²) >= 11 is 0. The van der Waals surface area contributed by atoms with Gasteiger partial charge in [-0.25, -0.2) is 4.79 Å². The Balaban J connectivity index is 4.89. The van der Waals surface area contributed by atoms with Gasteiger partial charge in [-0.3, -0.25) is 24.0 Å². The van der Waals surface area contributed by atoms with Gasteiger partial charge in [0.25, 0.3) is 0 Å². The van der Waals surface area contributed by atoms with E-state index in [4.69, 9.17) is 0 Å². The summed E-state index contributed by atoms with van der Waals surface area (Å²) in [6.07, 6.45) is 0.205. The highest BCUT2D eigenvalue weighted by Crippen LogP contribution is 2.06. The second-order valence-corrected chi connectivity index (χ2v) is 8.57. The molecule has 5 amide bonds. The highest BCUT2D eigenvalue weighted by molar-refractivity contribution is 5.94. The summed E-state index contributed by atoms with van der Waals surface area (Å²) in [4.78, 5) is 73.0. The molecule has 0 aliphatic carbocycles. The normalized spacial score (nSPS) is 14.3. The Morgan fingerprint density at radius 1 is 0.758 bits per heavy atom. The molecule has 0 fully saturated rings. The second kappa shape index (κ2) is 14.1. The molecule has 0 bridgehead atoms. The number of nitrogens with zero attached hydrogens (tertiary/aromatic N) is 1. The van der Waals surface area contributed by atoms with E-state index in [-0.39, 0.29) is 30.6 Å². The second-order valence-electron chi connectivity index (χ2n) is 8.57. The lowest BCUT2D eigenvalue weighted by molar-refractivity contribution is -0.142. The minimum atomic E-state index is -1.30. The van der Waals surface area contributed by atoms with Crippen molar-refractivity contribution in [3.8, 4) is 0 Å². The molecule has 0 rings (SSSR count). The van der Waals surface area contributed by atoms with Crippen LogP contribution in [-0.4, -0.2) is 83.8 Å². The fourth-order valence-corrected chi connectivity index (χ4v) is 2.78. The van der Waals surface area contributed by atoms with Crippen LogP contribution in [0.4, 0.5) is 0 Å². The van der Waals surface area contributed by atoms with E-state index in [0.717, 1.165) is 0 Å². The molecule has 4 atom stereocenters. The highest BCUT2D eigenvalue weighted by atomic mass is 16.4. The maximum absolute atomic E-state index is 12.5. The van der Waals surface area contributed by atoms with Crippen LogP contribution in [0.15, 0.2) is 0 Å². The first-order chi connectivity index (χ1) is 15.1. The summed E-state index contributed by atoms with van der Waals surface area (Å²) in [7, 11) is 3.07. The lowest BCUT2D eigenvalue weighted by Gasteiger charge is -2.23. The van der Waals surface area contributed by atoms with Gasteiger partial charge < -0.3 is 31.3 Å². The molecule has 33 heavy (non-hydrogen) atoms. The molecule has 12 heteroatoms. The summed E-state index contributed by atoms with van der Waals surface area (Å²) in [6, 6.07) is -4.21. The van der Waals surface area contributed by atoms with Crippen LogP contribution in [0.1, 0.15) is 53.9 Å². The van der Waals surface area contributed by atoms with E-state index in [1.165, 1.54) is 39.8 Å². The van der Waals surface area contributed by atoms with Crippen molar-refractivity contribution in [1.29, 1.82) is 0 Å².